The van der Waals surface area contributed by atoms with Crippen LogP contribution in [-0.2, 0) is 23.9 Å². The number of nitrogens with zero attached hydrogens (tertiary/aromatic N) is 10. The third-order valence-corrected chi connectivity index (χ3v) is 11.4. The zero-order valence-electron chi connectivity index (χ0n) is 31.4. The fourth-order valence-corrected chi connectivity index (χ4v) is 9.44. The van der Waals surface area contributed by atoms with Gasteiger partial charge in [-0.3, -0.25) is 23.1 Å². The van der Waals surface area contributed by atoms with E-state index in [2.05, 4.69) is 20.2 Å². The number of alkyl halides is 1. The third-order valence-electron chi connectivity index (χ3n) is 10.9. The predicted molar refractivity (Wildman–Crippen MR) is 187 cm³/mol. The van der Waals surface area contributed by atoms with Gasteiger partial charge in [0.15, 0.2) is 0 Å². The number of amides is 2. The van der Waals surface area contributed by atoms with E-state index in [1.165, 1.54) is 39.2 Å². The molecule has 0 radical (unpaired) electrons. The van der Waals surface area contributed by atoms with Gasteiger partial charge in [-0.15, -0.1) is 0 Å². The van der Waals surface area contributed by atoms with E-state index in [9.17, 15) is 40.0 Å². The Bertz CT molecular complexity index is 2060. The Kier molecular flexibility index (Phi) is 13.2. The van der Waals surface area contributed by atoms with Gasteiger partial charge >= 0.3 is 29.6 Å². The number of rotatable bonds is 9. The Morgan fingerprint density at radius 3 is 1.52 bits per heavy atom. The molecule has 0 N–H and O–H groups in total. The first kappa shape index (κ1) is 43.0. The standard InChI is InChI=1S/C17H18F2N2O4S.C16H15F2N5O.CH3F.N3.Na/c1-26(23,24)25-10-16-7-17(8-16,9-16)15(22)21-14(2-3-20-21)11-4-12(18)6-13(19)5-11;17-11-3-10(4-12(18)5-11)13-1-2-21-23(13)14(24)16-6-15(7-16,8-16)9-20-22-19;1-2;1-3-2;/h3-6,14H,2,7-10H2,1H3;2-5,13H,1,6-9H2;1H3;;/q;;;-1;+1/i;;1D;;. The Morgan fingerprint density at radius 1 is 0.821 bits per heavy atom. The molecule has 6 fully saturated rings. The summed E-state index contributed by atoms with van der Waals surface area (Å²) in [6.45, 7) is 0.503. The number of halogens is 5. The first-order valence-corrected chi connectivity index (χ1v) is 18.6. The molecule has 2 atom stereocenters. The second kappa shape index (κ2) is 17.2. The molecule has 10 rings (SSSR count). The minimum atomic E-state index is -3.51. The number of carbonyl (C=O) groups is 2. The van der Waals surface area contributed by atoms with Crippen LogP contribution in [0.15, 0.2) is 51.7 Å². The fraction of sp³-hybridized carbons (Fsp3) is 0.529. The van der Waals surface area contributed by atoms with E-state index in [1.807, 2.05) is 0 Å². The van der Waals surface area contributed by atoms with Gasteiger partial charge in [0.25, 0.3) is 10.1 Å². The number of hydrazone groups is 2. The molecule has 2 heterocycles. The molecule has 2 aromatic carbocycles. The molecule has 0 spiro atoms. The van der Waals surface area contributed by atoms with Crippen molar-refractivity contribution in [1.82, 2.24) is 10.0 Å². The molecule has 22 heteroatoms. The summed E-state index contributed by atoms with van der Waals surface area (Å²) >= 11 is 0. The molecule has 6 saturated carbocycles. The zero-order valence-corrected chi connectivity index (χ0v) is 33.2. The van der Waals surface area contributed by atoms with Crippen LogP contribution in [0, 0.1) is 44.9 Å². The van der Waals surface area contributed by atoms with E-state index >= 15 is 0 Å². The summed E-state index contributed by atoms with van der Waals surface area (Å²) in [4.78, 5) is 30.1. The summed E-state index contributed by atoms with van der Waals surface area (Å²) in [7, 11) is -4.51. The molecule has 0 saturated heterocycles. The van der Waals surface area contributed by atoms with Crippen molar-refractivity contribution in [3.8, 4) is 0 Å². The van der Waals surface area contributed by atoms with Crippen molar-refractivity contribution in [3.05, 3.63) is 97.2 Å². The van der Waals surface area contributed by atoms with Gasteiger partial charge in [0.05, 0.1) is 44.3 Å². The van der Waals surface area contributed by atoms with Crippen LogP contribution >= 0.6 is 0 Å². The Hall–Kier alpha value is -4.10. The van der Waals surface area contributed by atoms with Gasteiger partial charge in [-0.05, 0) is 90.3 Å². The molecular weight excluding hydrogens is 778 g/mol. The molecule has 6 aliphatic carbocycles. The molecule has 15 nitrogen and oxygen atoms in total. The number of carbonyl (C=O) groups excluding carboxylic acids is 2. The average molecular weight is 816 g/mol. The number of benzene rings is 2. The maximum Gasteiger partial charge on any atom is 1.00 e. The quantitative estimate of drug-likeness (QED) is 0.0888. The van der Waals surface area contributed by atoms with E-state index < -0.39 is 63.5 Å². The molecule has 294 valence electrons. The number of azide groups is 1. The van der Waals surface area contributed by atoms with E-state index in [0.717, 1.165) is 18.4 Å². The van der Waals surface area contributed by atoms with Crippen LogP contribution in [0.4, 0.5) is 22.0 Å². The van der Waals surface area contributed by atoms with Crippen molar-refractivity contribution in [2.24, 2.45) is 37.0 Å². The van der Waals surface area contributed by atoms with Crippen LogP contribution in [0.5, 0.6) is 0 Å². The van der Waals surface area contributed by atoms with E-state index in [-0.39, 0.29) is 58.8 Å². The van der Waals surface area contributed by atoms with Gasteiger partial charge in [0, 0.05) is 48.9 Å². The van der Waals surface area contributed by atoms with Crippen LogP contribution in [0.25, 0.3) is 26.4 Å². The van der Waals surface area contributed by atoms with Crippen LogP contribution in [0.2, 0.25) is 0 Å². The van der Waals surface area contributed by atoms with Crippen LogP contribution < -0.4 is 29.6 Å². The summed E-state index contributed by atoms with van der Waals surface area (Å²) in [6, 6.07) is 5.53. The smallest absolute Gasteiger partial charge is 0.373 e. The number of hydrogen-bond donors (Lipinski definition) is 0. The van der Waals surface area contributed by atoms with Crippen molar-refractivity contribution in [2.45, 2.75) is 63.5 Å². The fourth-order valence-electron chi connectivity index (χ4n) is 8.98. The summed E-state index contributed by atoms with van der Waals surface area (Å²) < 4.78 is 96.6. The molecular formula is C34H36F5N10NaO5S. The van der Waals surface area contributed by atoms with Crippen molar-refractivity contribution >= 4 is 34.4 Å². The zero-order chi connectivity index (χ0) is 41.1. The Morgan fingerprint density at radius 2 is 1.18 bits per heavy atom. The topological polar surface area (TPSA) is 216 Å². The predicted octanol–water partition coefficient (Wildman–Crippen LogP) is 4.53. The molecule has 2 aliphatic heterocycles. The minimum absolute atomic E-state index is 0. The third kappa shape index (κ3) is 8.88. The second-order valence-corrected chi connectivity index (χ2v) is 16.5. The average Bonchev–Trinajstić information content (AvgIpc) is 3.73. The molecule has 56 heavy (non-hydrogen) atoms. The molecule has 8 aliphatic rings. The van der Waals surface area contributed by atoms with Gasteiger partial charge < -0.3 is 11.1 Å². The monoisotopic (exact) mass is 815 g/mol. The molecule has 0 aromatic heterocycles. The largest absolute Gasteiger partial charge is 1.00 e. The number of hydrogen-bond acceptors (Lipinski definition) is 8. The SMILES string of the molecule is CS(=O)(=O)OCC12CC(C(=O)N3N=CCC3c3cc(F)cc(F)c3)(C1)C2.[2H]CF.[N-]=[N+]=NCC12CC(C(=O)N3N=CCC3c3cc(F)cc(F)c3)(C1)C2.[N-]=[N+]=[N-].[Na+]. The summed E-state index contributed by atoms with van der Waals surface area (Å²) in [5, 5.41) is 14.6. The summed E-state index contributed by atoms with van der Waals surface area (Å²) in [5.74, 6) is -2.99. The molecule has 4 bridgehead atoms. The van der Waals surface area contributed by atoms with E-state index in [0.29, 0.717) is 69.0 Å². The minimum Gasteiger partial charge on any atom is -0.373 e. The first-order valence-electron chi connectivity index (χ1n) is 17.5. The van der Waals surface area contributed by atoms with Crippen LogP contribution in [0.1, 0.15) is 75.9 Å². The van der Waals surface area contributed by atoms with Gasteiger partial charge in [0.2, 0.25) is 11.8 Å². The summed E-state index contributed by atoms with van der Waals surface area (Å²) in [6.07, 6.45) is 8.71. The van der Waals surface area contributed by atoms with Crippen molar-refractivity contribution in [2.75, 3.05) is 26.6 Å². The molecule has 2 aromatic rings. The Labute approximate surface area is 342 Å². The van der Waals surface area contributed by atoms with Crippen LogP contribution in [0.3, 0.4) is 0 Å². The van der Waals surface area contributed by atoms with E-state index in [4.69, 9.17) is 22.1 Å². The van der Waals surface area contributed by atoms with E-state index in [1.54, 1.807) is 12.4 Å². The van der Waals surface area contributed by atoms with Gasteiger partial charge in [-0.1, -0.05) is 5.11 Å². The van der Waals surface area contributed by atoms with Crippen molar-refractivity contribution < 1.29 is 75.1 Å². The summed E-state index contributed by atoms with van der Waals surface area (Å²) in [5.41, 5.74) is 21.4. The van der Waals surface area contributed by atoms with Gasteiger partial charge in [-0.2, -0.15) is 18.6 Å². The maximum absolute atomic E-state index is 13.5. The van der Waals surface area contributed by atoms with Crippen molar-refractivity contribution in [1.29, 1.82) is 0 Å². The van der Waals surface area contributed by atoms with Gasteiger partial charge in [-0.25, -0.2) is 27.6 Å². The molecule has 2 unspecified atom stereocenters. The Balaban J connectivity index is 0.000000219. The second-order valence-electron chi connectivity index (χ2n) is 14.9. The normalized spacial score (nSPS) is 29.5. The maximum atomic E-state index is 13.5. The first-order chi connectivity index (χ1) is 26.4. The van der Waals surface area contributed by atoms with Crippen LogP contribution in [-0.4, -0.2) is 69.2 Å². The van der Waals surface area contributed by atoms with Gasteiger partial charge in [0.1, 0.15) is 23.3 Å². The molecule has 2 amide bonds. The van der Waals surface area contributed by atoms with Crippen molar-refractivity contribution in [3.63, 3.8) is 0 Å².